The first-order valence-corrected chi connectivity index (χ1v) is 10.1. The molecule has 0 amide bonds. The number of halogens is 3. The fourth-order valence-electron chi connectivity index (χ4n) is 3.01. The number of rotatable bonds is 7. The van der Waals surface area contributed by atoms with Crippen LogP contribution >= 0.6 is 11.3 Å². The first kappa shape index (κ1) is 22.8. The van der Waals surface area contributed by atoms with Crippen LogP contribution in [0.25, 0.3) is 10.6 Å². The number of aliphatic carboxylic acids is 1. The molecular formula is C22H19F3NO4S-. The number of carbonyl (C=O) groups is 1. The molecule has 3 rings (SSSR count). The number of carbonyl (C=O) groups excluding carboxylic acids is 1. The summed E-state index contributed by atoms with van der Waals surface area (Å²) in [5.41, 5.74) is 1.85. The van der Waals surface area contributed by atoms with E-state index >= 15 is 0 Å². The molecule has 0 saturated carbocycles. The summed E-state index contributed by atoms with van der Waals surface area (Å²) in [7, 11) is 0. The maximum absolute atomic E-state index is 12.7. The molecule has 164 valence electrons. The minimum atomic E-state index is -4.39. The second-order valence-electron chi connectivity index (χ2n) is 7.01. The topological polar surface area (TPSA) is 82.5 Å². The van der Waals surface area contributed by atoms with Crippen LogP contribution in [0, 0.1) is 13.8 Å². The van der Waals surface area contributed by atoms with E-state index in [1.807, 2.05) is 0 Å². The fourth-order valence-corrected chi connectivity index (χ4v) is 4.12. The van der Waals surface area contributed by atoms with Crippen LogP contribution in [-0.4, -0.2) is 22.7 Å². The molecule has 3 aromatic rings. The van der Waals surface area contributed by atoms with Gasteiger partial charge in [0, 0.05) is 16.9 Å². The number of carboxylic acids is 1. The molecule has 2 aromatic carbocycles. The van der Waals surface area contributed by atoms with Crippen molar-refractivity contribution in [2.45, 2.75) is 32.5 Å². The third-order valence-corrected chi connectivity index (χ3v) is 5.89. The maximum Gasteiger partial charge on any atom is 0.416 e. The lowest BCUT2D eigenvalue weighted by atomic mass is 10.0. The molecule has 0 saturated heterocycles. The van der Waals surface area contributed by atoms with Gasteiger partial charge >= 0.3 is 6.18 Å². The number of benzene rings is 2. The van der Waals surface area contributed by atoms with E-state index in [0.29, 0.717) is 33.1 Å². The SMILES string of the molecule is Cc1cc(C(O)Cc2sc(-c3ccc(C(F)(F)F)cc3)nc2C)ccc1OCC(=O)[O-]. The van der Waals surface area contributed by atoms with Crippen molar-refractivity contribution in [2.24, 2.45) is 0 Å². The Kier molecular flexibility index (Phi) is 6.66. The summed E-state index contributed by atoms with van der Waals surface area (Å²) in [5.74, 6) is -0.938. The van der Waals surface area contributed by atoms with E-state index in [1.165, 1.54) is 23.5 Å². The summed E-state index contributed by atoms with van der Waals surface area (Å²) < 4.78 is 43.4. The largest absolute Gasteiger partial charge is 0.546 e. The van der Waals surface area contributed by atoms with Gasteiger partial charge in [-0.25, -0.2) is 4.98 Å². The molecule has 0 spiro atoms. The van der Waals surface area contributed by atoms with Crippen molar-refractivity contribution in [3.8, 4) is 16.3 Å². The van der Waals surface area contributed by atoms with Crippen LogP contribution in [0.4, 0.5) is 13.2 Å². The van der Waals surface area contributed by atoms with E-state index in [9.17, 15) is 28.2 Å². The predicted molar refractivity (Wildman–Crippen MR) is 108 cm³/mol. The number of ether oxygens (including phenoxy) is 1. The van der Waals surface area contributed by atoms with E-state index in [0.717, 1.165) is 17.0 Å². The van der Waals surface area contributed by atoms with Crippen LogP contribution in [-0.2, 0) is 17.4 Å². The predicted octanol–water partition coefficient (Wildman–Crippen LogP) is 3.85. The molecule has 0 aliphatic heterocycles. The normalized spacial score (nSPS) is 12.6. The number of aromatic nitrogens is 1. The van der Waals surface area contributed by atoms with Gasteiger partial charge in [-0.2, -0.15) is 13.2 Å². The molecule has 1 atom stereocenters. The number of nitrogens with zero attached hydrogens (tertiary/aromatic N) is 1. The summed E-state index contributed by atoms with van der Waals surface area (Å²) in [4.78, 5) is 15.8. The number of aryl methyl sites for hydroxylation is 2. The Balaban J connectivity index is 1.74. The van der Waals surface area contributed by atoms with Crippen LogP contribution in [0.5, 0.6) is 5.75 Å². The van der Waals surface area contributed by atoms with Crippen LogP contribution in [0.2, 0.25) is 0 Å². The first-order valence-electron chi connectivity index (χ1n) is 9.30. The average molecular weight is 450 g/mol. The van der Waals surface area contributed by atoms with Crippen molar-refractivity contribution in [3.05, 3.63) is 69.7 Å². The van der Waals surface area contributed by atoms with Crippen LogP contribution in [0.15, 0.2) is 42.5 Å². The van der Waals surface area contributed by atoms with Crippen LogP contribution in [0.1, 0.15) is 33.4 Å². The van der Waals surface area contributed by atoms with E-state index in [2.05, 4.69) is 4.98 Å². The lowest BCUT2D eigenvalue weighted by Gasteiger charge is -2.14. The summed E-state index contributed by atoms with van der Waals surface area (Å²) in [6, 6.07) is 9.76. The van der Waals surface area contributed by atoms with Gasteiger partial charge in [0.25, 0.3) is 0 Å². The highest BCUT2D eigenvalue weighted by molar-refractivity contribution is 7.15. The lowest BCUT2D eigenvalue weighted by molar-refractivity contribution is -0.307. The zero-order valence-electron chi connectivity index (χ0n) is 16.7. The Morgan fingerprint density at radius 2 is 1.87 bits per heavy atom. The van der Waals surface area contributed by atoms with Gasteiger partial charge in [-0.15, -0.1) is 11.3 Å². The fraction of sp³-hybridized carbons (Fsp3) is 0.273. The molecule has 9 heteroatoms. The van der Waals surface area contributed by atoms with Crippen molar-refractivity contribution in [1.82, 2.24) is 4.98 Å². The van der Waals surface area contributed by atoms with Gasteiger partial charge in [0.1, 0.15) is 17.4 Å². The molecule has 5 nitrogen and oxygen atoms in total. The smallest absolute Gasteiger partial charge is 0.416 e. The van der Waals surface area contributed by atoms with Gasteiger partial charge in [0.2, 0.25) is 0 Å². The highest BCUT2D eigenvalue weighted by Crippen LogP contribution is 2.34. The van der Waals surface area contributed by atoms with Crippen molar-refractivity contribution in [2.75, 3.05) is 6.61 Å². The second-order valence-corrected chi connectivity index (χ2v) is 8.09. The molecule has 1 N–H and O–H groups in total. The Morgan fingerprint density at radius 1 is 1.19 bits per heavy atom. The summed E-state index contributed by atoms with van der Waals surface area (Å²) in [6.07, 6.45) is -4.95. The molecule has 0 fully saturated rings. The summed E-state index contributed by atoms with van der Waals surface area (Å²) >= 11 is 1.32. The second kappa shape index (κ2) is 9.07. The van der Waals surface area contributed by atoms with E-state index in [4.69, 9.17) is 4.74 Å². The minimum Gasteiger partial charge on any atom is -0.546 e. The number of thiazole rings is 1. The molecule has 1 heterocycles. The molecule has 0 bridgehead atoms. The van der Waals surface area contributed by atoms with Gasteiger partial charge in [0.05, 0.1) is 23.3 Å². The molecule has 1 aromatic heterocycles. The number of hydrogen-bond acceptors (Lipinski definition) is 6. The third-order valence-electron chi connectivity index (χ3n) is 4.66. The number of aliphatic hydroxyl groups excluding tert-OH is 1. The Hall–Kier alpha value is -2.91. The maximum atomic E-state index is 12.7. The summed E-state index contributed by atoms with van der Waals surface area (Å²) in [6.45, 7) is 2.96. The minimum absolute atomic E-state index is 0.281. The van der Waals surface area contributed by atoms with E-state index in [-0.39, 0.29) is 6.42 Å². The van der Waals surface area contributed by atoms with Crippen LogP contribution < -0.4 is 9.84 Å². The van der Waals surface area contributed by atoms with Gasteiger partial charge < -0.3 is 19.7 Å². The molecule has 0 radical (unpaired) electrons. The zero-order valence-corrected chi connectivity index (χ0v) is 17.5. The number of aliphatic hydroxyl groups is 1. The number of carboxylic acid groups (broad SMARTS) is 1. The highest BCUT2D eigenvalue weighted by atomic mass is 32.1. The van der Waals surface area contributed by atoms with Crippen molar-refractivity contribution < 1.29 is 32.9 Å². The van der Waals surface area contributed by atoms with Gasteiger partial charge in [-0.1, -0.05) is 18.2 Å². The highest BCUT2D eigenvalue weighted by Gasteiger charge is 2.30. The standard InChI is InChI=1S/C22H20F3NO4S/c1-12-9-15(5-8-18(12)30-11-20(28)29)17(27)10-19-13(2)26-21(31-19)14-3-6-16(7-4-14)22(23,24)25/h3-9,17,27H,10-11H2,1-2H3,(H,28,29)/p-1. The third kappa shape index (κ3) is 5.62. The van der Waals surface area contributed by atoms with Crippen LogP contribution in [0.3, 0.4) is 0 Å². The monoisotopic (exact) mass is 450 g/mol. The summed E-state index contributed by atoms with van der Waals surface area (Å²) in [5, 5.41) is 21.8. The quantitative estimate of drug-likeness (QED) is 0.591. The molecular weight excluding hydrogens is 431 g/mol. The Bertz CT molecular complexity index is 1080. The van der Waals surface area contributed by atoms with Crippen molar-refractivity contribution in [3.63, 3.8) is 0 Å². The lowest BCUT2D eigenvalue weighted by Crippen LogP contribution is -2.29. The molecule has 0 aliphatic rings. The Morgan fingerprint density at radius 3 is 2.45 bits per heavy atom. The first-order chi connectivity index (χ1) is 14.5. The number of alkyl halides is 3. The molecule has 1 unspecified atom stereocenters. The molecule has 31 heavy (non-hydrogen) atoms. The zero-order chi connectivity index (χ0) is 22.8. The van der Waals surface area contributed by atoms with Crippen molar-refractivity contribution >= 4 is 17.3 Å². The van der Waals surface area contributed by atoms with Crippen molar-refractivity contribution in [1.29, 1.82) is 0 Å². The number of hydrogen-bond donors (Lipinski definition) is 1. The van der Waals surface area contributed by atoms with Gasteiger partial charge in [-0.05, 0) is 49.2 Å². The molecule has 0 aliphatic carbocycles. The van der Waals surface area contributed by atoms with E-state index < -0.39 is 30.4 Å². The Labute approximate surface area is 180 Å². The van der Waals surface area contributed by atoms with Gasteiger partial charge in [-0.3, -0.25) is 0 Å². The van der Waals surface area contributed by atoms with Gasteiger partial charge in [0.15, 0.2) is 0 Å². The van der Waals surface area contributed by atoms with E-state index in [1.54, 1.807) is 32.0 Å². The average Bonchev–Trinajstić information content (AvgIpc) is 3.06.